The van der Waals surface area contributed by atoms with Gasteiger partial charge in [-0.1, -0.05) is 23.8 Å². The molecule has 1 saturated heterocycles. The summed E-state index contributed by atoms with van der Waals surface area (Å²) in [6, 6.07) is 14.6. The average molecular weight is 434 g/mol. The summed E-state index contributed by atoms with van der Waals surface area (Å²) in [7, 11) is 0. The van der Waals surface area contributed by atoms with Crippen molar-refractivity contribution in [2.45, 2.75) is 32.7 Å². The fourth-order valence-electron chi connectivity index (χ4n) is 4.21. The standard InChI is InChI=1S/C25H27N3O4/c1-3-32-25(31)27-13-10-19(11-14-27)28-15-12-20-21(24(28)30)8-5-9-22(20)26-23(29)18-7-4-6-17(2)16-18/h4-9,12,15-16,19H,3,10-11,13-14H2,1-2H3,(H,26,29). The average Bonchev–Trinajstić information content (AvgIpc) is 2.80. The predicted octanol–water partition coefficient (Wildman–Crippen LogP) is 4.36. The second kappa shape index (κ2) is 9.26. The van der Waals surface area contributed by atoms with E-state index in [-0.39, 0.29) is 23.6 Å². The zero-order chi connectivity index (χ0) is 22.7. The number of ether oxygens (including phenoxy) is 1. The summed E-state index contributed by atoms with van der Waals surface area (Å²) < 4.78 is 6.82. The number of aryl methyl sites for hydroxylation is 1. The molecular formula is C25H27N3O4. The molecule has 7 heteroatoms. The van der Waals surface area contributed by atoms with E-state index in [1.165, 1.54) is 0 Å². The Morgan fingerprint density at radius 3 is 2.53 bits per heavy atom. The molecule has 2 amide bonds. The highest BCUT2D eigenvalue weighted by Crippen LogP contribution is 2.26. The number of hydrogen-bond acceptors (Lipinski definition) is 4. The molecule has 166 valence electrons. The van der Waals surface area contributed by atoms with Gasteiger partial charge in [-0.05, 0) is 57.0 Å². The van der Waals surface area contributed by atoms with E-state index < -0.39 is 0 Å². The van der Waals surface area contributed by atoms with E-state index >= 15 is 0 Å². The van der Waals surface area contributed by atoms with E-state index in [9.17, 15) is 14.4 Å². The number of rotatable bonds is 4. The molecular weight excluding hydrogens is 406 g/mol. The van der Waals surface area contributed by atoms with Crippen molar-refractivity contribution in [2.24, 2.45) is 0 Å². The van der Waals surface area contributed by atoms with Crippen molar-refractivity contribution in [3.05, 3.63) is 76.2 Å². The Morgan fingerprint density at radius 1 is 1.06 bits per heavy atom. The zero-order valence-corrected chi connectivity index (χ0v) is 18.3. The van der Waals surface area contributed by atoms with Gasteiger partial charge in [-0.25, -0.2) is 4.79 Å². The minimum Gasteiger partial charge on any atom is -0.450 e. The van der Waals surface area contributed by atoms with Gasteiger partial charge in [-0.15, -0.1) is 0 Å². The highest BCUT2D eigenvalue weighted by molar-refractivity contribution is 6.09. The summed E-state index contributed by atoms with van der Waals surface area (Å²) in [5, 5.41) is 4.20. The second-order valence-corrected chi connectivity index (χ2v) is 8.04. The molecule has 0 radical (unpaired) electrons. The molecule has 0 unspecified atom stereocenters. The molecule has 0 spiro atoms. The monoisotopic (exact) mass is 433 g/mol. The summed E-state index contributed by atoms with van der Waals surface area (Å²) in [5.41, 5.74) is 2.09. The van der Waals surface area contributed by atoms with Gasteiger partial charge in [0.2, 0.25) is 0 Å². The van der Waals surface area contributed by atoms with Crippen LogP contribution in [0, 0.1) is 6.92 Å². The molecule has 32 heavy (non-hydrogen) atoms. The SMILES string of the molecule is CCOC(=O)N1CCC(n2ccc3c(NC(=O)c4cccc(C)c4)cccc3c2=O)CC1. The van der Waals surface area contributed by atoms with Gasteiger partial charge < -0.3 is 19.5 Å². The number of aromatic nitrogens is 1. The van der Waals surface area contributed by atoms with Gasteiger partial charge in [-0.2, -0.15) is 0 Å². The van der Waals surface area contributed by atoms with Crippen molar-refractivity contribution in [1.29, 1.82) is 0 Å². The molecule has 3 aromatic rings. The molecule has 1 aliphatic rings. The Hall–Kier alpha value is -3.61. The van der Waals surface area contributed by atoms with E-state index in [0.29, 0.717) is 54.6 Å². The normalized spacial score (nSPS) is 14.4. The number of fused-ring (bicyclic) bond motifs is 1. The van der Waals surface area contributed by atoms with Crippen molar-refractivity contribution in [2.75, 3.05) is 25.0 Å². The van der Waals surface area contributed by atoms with Crippen LogP contribution in [-0.4, -0.2) is 41.2 Å². The summed E-state index contributed by atoms with van der Waals surface area (Å²) in [6.45, 7) is 5.19. The lowest BCUT2D eigenvalue weighted by molar-refractivity contribution is 0.0923. The van der Waals surface area contributed by atoms with Crippen LogP contribution in [0.2, 0.25) is 0 Å². The maximum atomic E-state index is 13.2. The van der Waals surface area contributed by atoms with Crippen LogP contribution in [0.5, 0.6) is 0 Å². The number of hydrogen-bond donors (Lipinski definition) is 1. The second-order valence-electron chi connectivity index (χ2n) is 8.04. The maximum absolute atomic E-state index is 13.2. The third-order valence-corrected chi connectivity index (χ3v) is 5.89. The molecule has 0 atom stereocenters. The molecule has 1 N–H and O–H groups in total. The van der Waals surface area contributed by atoms with Crippen LogP contribution in [0.1, 0.15) is 41.7 Å². The fourth-order valence-corrected chi connectivity index (χ4v) is 4.21. The first-order valence-electron chi connectivity index (χ1n) is 10.9. The van der Waals surface area contributed by atoms with E-state index in [4.69, 9.17) is 4.74 Å². The number of carbonyl (C=O) groups is 2. The topological polar surface area (TPSA) is 80.6 Å². The smallest absolute Gasteiger partial charge is 0.409 e. The number of carbonyl (C=O) groups excluding carboxylic acids is 2. The fraction of sp³-hybridized carbons (Fsp3) is 0.320. The molecule has 7 nitrogen and oxygen atoms in total. The molecule has 1 fully saturated rings. The van der Waals surface area contributed by atoms with E-state index in [1.54, 1.807) is 46.9 Å². The van der Waals surface area contributed by atoms with Crippen LogP contribution >= 0.6 is 0 Å². The van der Waals surface area contributed by atoms with Crippen molar-refractivity contribution < 1.29 is 14.3 Å². The van der Waals surface area contributed by atoms with Crippen LogP contribution in [0.25, 0.3) is 10.8 Å². The Kier molecular flexibility index (Phi) is 6.25. The first kappa shape index (κ1) is 21.6. The van der Waals surface area contributed by atoms with Gasteiger partial charge in [0.05, 0.1) is 6.61 Å². The zero-order valence-electron chi connectivity index (χ0n) is 18.3. The van der Waals surface area contributed by atoms with E-state index in [1.807, 2.05) is 31.2 Å². The third-order valence-electron chi connectivity index (χ3n) is 5.89. The van der Waals surface area contributed by atoms with Crippen LogP contribution in [0.4, 0.5) is 10.5 Å². The Balaban J connectivity index is 1.56. The van der Waals surface area contributed by atoms with Crippen molar-refractivity contribution >= 4 is 28.5 Å². The van der Waals surface area contributed by atoms with Gasteiger partial charge in [0.15, 0.2) is 0 Å². The van der Waals surface area contributed by atoms with Crippen molar-refractivity contribution in [3.63, 3.8) is 0 Å². The predicted molar refractivity (Wildman–Crippen MR) is 124 cm³/mol. The summed E-state index contributed by atoms with van der Waals surface area (Å²) in [5.74, 6) is -0.211. The quantitative estimate of drug-likeness (QED) is 0.663. The lowest BCUT2D eigenvalue weighted by Crippen LogP contribution is -2.41. The highest BCUT2D eigenvalue weighted by Gasteiger charge is 2.25. The number of nitrogens with zero attached hydrogens (tertiary/aromatic N) is 2. The van der Waals surface area contributed by atoms with Gasteiger partial charge in [0.1, 0.15) is 0 Å². The lowest BCUT2D eigenvalue weighted by Gasteiger charge is -2.32. The van der Waals surface area contributed by atoms with Crippen molar-refractivity contribution in [3.8, 4) is 0 Å². The Bertz CT molecular complexity index is 1210. The van der Waals surface area contributed by atoms with Crippen LogP contribution in [0.3, 0.4) is 0 Å². The first-order chi connectivity index (χ1) is 15.5. The van der Waals surface area contributed by atoms with Crippen LogP contribution in [-0.2, 0) is 4.74 Å². The van der Waals surface area contributed by atoms with Gasteiger partial charge in [0, 0.05) is 47.4 Å². The summed E-state index contributed by atoms with van der Waals surface area (Å²) >= 11 is 0. The number of piperidine rings is 1. The van der Waals surface area contributed by atoms with Crippen LogP contribution in [0.15, 0.2) is 59.5 Å². The number of benzene rings is 2. The minimum absolute atomic E-state index is 0.0168. The van der Waals surface area contributed by atoms with Crippen molar-refractivity contribution in [1.82, 2.24) is 9.47 Å². The molecule has 4 rings (SSSR count). The molecule has 0 saturated carbocycles. The van der Waals surface area contributed by atoms with Gasteiger partial charge in [-0.3, -0.25) is 9.59 Å². The molecule has 0 aliphatic carbocycles. The lowest BCUT2D eigenvalue weighted by atomic mass is 10.0. The molecule has 2 heterocycles. The first-order valence-corrected chi connectivity index (χ1v) is 10.9. The van der Waals surface area contributed by atoms with E-state index in [0.717, 1.165) is 5.56 Å². The molecule has 1 aromatic heterocycles. The minimum atomic E-state index is -0.300. The van der Waals surface area contributed by atoms with Gasteiger partial charge in [0.25, 0.3) is 11.5 Å². The van der Waals surface area contributed by atoms with Gasteiger partial charge >= 0.3 is 6.09 Å². The summed E-state index contributed by atoms with van der Waals surface area (Å²) in [4.78, 5) is 39.6. The molecule has 0 bridgehead atoms. The number of anilines is 1. The highest BCUT2D eigenvalue weighted by atomic mass is 16.6. The Morgan fingerprint density at radius 2 is 1.81 bits per heavy atom. The largest absolute Gasteiger partial charge is 0.450 e. The number of amides is 2. The van der Waals surface area contributed by atoms with E-state index in [2.05, 4.69) is 5.32 Å². The Labute approximate surface area is 186 Å². The summed E-state index contributed by atoms with van der Waals surface area (Å²) in [6.07, 6.45) is 2.87. The van der Waals surface area contributed by atoms with Crippen LogP contribution < -0.4 is 10.9 Å². The molecule has 1 aliphatic heterocycles. The number of pyridine rings is 1. The maximum Gasteiger partial charge on any atom is 0.409 e. The number of nitrogens with one attached hydrogen (secondary N) is 1. The third kappa shape index (κ3) is 4.37. The molecule has 2 aromatic carbocycles. The number of likely N-dealkylation sites (tertiary alicyclic amines) is 1.